The average Bonchev–Trinajstić information content (AvgIpc) is 2.41. The van der Waals surface area contributed by atoms with Crippen molar-refractivity contribution in [3.05, 3.63) is 54.1 Å². The van der Waals surface area contributed by atoms with Gasteiger partial charge in [-0.05, 0) is 30.3 Å². The van der Waals surface area contributed by atoms with Gasteiger partial charge in [-0.15, -0.1) is 0 Å². The van der Waals surface area contributed by atoms with Crippen molar-refractivity contribution in [2.45, 2.75) is 0 Å². The molecule has 1 amide bonds. The molecule has 0 aliphatic carbocycles. The second-order valence-corrected chi connectivity index (χ2v) is 3.97. The number of rotatable bonds is 2. The topological polar surface area (TPSA) is 66.6 Å². The first-order chi connectivity index (χ1) is 8.59. The van der Waals surface area contributed by atoms with Crippen LogP contribution in [0.5, 0.6) is 5.75 Å². The van der Waals surface area contributed by atoms with Crippen LogP contribution in [0.2, 0.25) is 0 Å². The molecule has 0 bridgehead atoms. The minimum Gasteiger partial charge on any atom is -0.506 e. The number of nitrogens with zero attached hydrogens (tertiary/aromatic N) is 1. The summed E-state index contributed by atoms with van der Waals surface area (Å²) in [6, 6.07) is 13.8. The maximum absolute atomic E-state index is 12.2. The summed E-state index contributed by atoms with van der Waals surface area (Å²) in [5, 5.41) is 9.51. The van der Waals surface area contributed by atoms with Crippen LogP contribution in [0.3, 0.4) is 0 Å². The summed E-state index contributed by atoms with van der Waals surface area (Å²) in [5.41, 5.74) is 6.95. The molecule has 0 aromatic heterocycles. The Kier molecular flexibility index (Phi) is 3.19. The van der Waals surface area contributed by atoms with E-state index in [0.29, 0.717) is 5.56 Å². The predicted octanol–water partition coefficient (Wildman–Crippen LogP) is 2.25. The van der Waals surface area contributed by atoms with E-state index in [4.69, 9.17) is 5.73 Å². The Balaban J connectivity index is 2.29. The second-order valence-electron chi connectivity index (χ2n) is 3.97. The van der Waals surface area contributed by atoms with Gasteiger partial charge in [0.15, 0.2) is 0 Å². The highest BCUT2D eigenvalue weighted by molar-refractivity contribution is 6.06. The molecule has 92 valence electrons. The largest absolute Gasteiger partial charge is 0.506 e. The molecule has 0 aliphatic rings. The van der Waals surface area contributed by atoms with E-state index in [9.17, 15) is 9.90 Å². The molecular weight excluding hydrogens is 228 g/mol. The zero-order valence-corrected chi connectivity index (χ0v) is 10.00. The van der Waals surface area contributed by atoms with Crippen LogP contribution in [-0.2, 0) is 0 Å². The minimum atomic E-state index is -0.198. The van der Waals surface area contributed by atoms with Gasteiger partial charge < -0.3 is 15.7 Å². The minimum absolute atomic E-state index is 0.0812. The fourth-order valence-electron chi connectivity index (χ4n) is 1.64. The van der Waals surface area contributed by atoms with E-state index in [-0.39, 0.29) is 17.3 Å². The molecule has 0 spiro atoms. The predicted molar refractivity (Wildman–Crippen MR) is 71.7 cm³/mol. The molecule has 0 atom stereocenters. The second kappa shape index (κ2) is 4.79. The zero-order valence-electron chi connectivity index (χ0n) is 10.00. The Labute approximate surface area is 105 Å². The van der Waals surface area contributed by atoms with Crippen LogP contribution >= 0.6 is 0 Å². The van der Waals surface area contributed by atoms with E-state index in [2.05, 4.69) is 0 Å². The van der Waals surface area contributed by atoms with Crippen LogP contribution in [0.15, 0.2) is 48.5 Å². The van der Waals surface area contributed by atoms with Crippen LogP contribution in [-0.4, -0.2) is 18.1 Å². The van der Waals surface area contributed by atoms with Gasteiger partial charge in [0, 0.05) is 18.3 Å². The Hall–Kier alpha value is -2.49. The Morgan fingerprint density at radius 1 is 1.17 bits per heavy atom. The van der Waals surface area contributed by atoms with Crippen molar-refractivity contribution in [1.29, 1.82) is 0 Å². The highest BCUT2D eigenvalue weighted by Gasteiger charge is 2.14. The zero-order chi connectivity index (χ0) is 13.1. The molecule has 2 aromatic rings. The normalized spacial score (nSPS) is 10.1. The first kappa shape index (κ1) is 12.0. The van der Waals surface area contributed by atoms with Crippen LogP contribution in [0.1, 0.15) is 10.4 Å². The van der Waals surface area contributed by atoms with Crippen molar-refractivity contribution < 1.29 is 9.90 Å². The van der Waals surface area contributed by atoms with Crippen LogP contribution in [0.4, 0.5) is 11.4 Å². The summed E-state index contributed by atoms with van der Waals surface area (Å²) >= 11 is 0. The first-order valence-electron chi connectivity index (χ1n) is 5.51. The number of hydrogen-bond acceptors (Lipinski definition) is 3. The Morgan fingerprint density at radius 3 is 2.44 bits per heavy atom. The lowest BCUT2D eigenvalue weighted by Gasteiger charge is -2.17. The summed E-state index contributed by atoms with van der Waals surface area (Å²) in [6.07, 6.45) is 0. The van der Waals surface area contributed by atoms with Crippen molar-refractivity contribution >= 4 is 17.3 Å². The van der Waals surface area contributed by atoms with Crippen molar-refractivity contribution in [3.63, 3.8) is 0 Å². The number of nitrogen functional groups attached to an aromatic ring is 1. The Bertz CT molecular complexity index is 567. The molecule has 2 aromatic carbocycles. The third-order valence-electron chi connectivity index (χ3n) is 2.73. The molecule has 4 nitrogen and oxygen atoms in total. The lowest BCUT2D eigenvalue weighted by Crippen LogP contribution is -2.26. The Morgan fingerprint density at radius 2 is 1.83 bits per heavy atom. The number of phenolic OH excluding ortho intramolecular Hbond substituents is 1. The molecule has 3 N–H and O–H groups in total. The first-order valence-corrected chi connectivity index (χ1v) is 5.51. The average molecular weight is 242 g/mol. The number of carbonyl (C=O) groups excluding carboxylic acids is 1. The number of carbonyl (C=O) groups is 1. The van der Waals surface area contributed by atoms with Crippen molar-refractivity contribution in [3.8, 4) is 5.75 Å². The molecule has 0 aliphatic heterocycles. The number of hydrogen-bond donors (Lipinski definition) is 2. The molecule has 0 unspecified atom stereocenters. The smallest absolute Gasteiger partial charge is 0.258 e. The number of aromatic hydroxyl groups is 1. The highest BCUT2D eigenvalue weighted by atomic mass is 16.3. The molecule has 0 fully saturated rings. The molecule has 0 saturated heterocycles. The maximum Gasteiger partial charge on any atom is 0.258 e. The highest BCUT2D eigenvalue weighted by Crippen LogP contribution is 2.22. The van der Waals surface area contributed by atoms with Gasteiger partial charge in [-0.25, -0.2) is 0 Å². The lowest BCUT2D eigenvalue weighted by atomic mass is 10.1. The SMILES string of the molecule is CN(C(=O)c1ccc(N)c(O)c1)c1ccccc1. The van der Waals surface area contributed by atoms with Crippen molar-refractivity contribution in [1.82, 2.24) is 0 Å². The fourth-order valence-corrected chi connectivity index (χ4v) is 1.64. The third kappa shape index (κ3) is 2.27. The van der Waals surface area contributed by atoms with E-state index in [1.54, 1.807) is 13.1 Å². The number of anilines is 2. The number of amides is 1. The number of para-hydroxylation sites is 1. The lowest BCUT2D eigenvalue weighted by molar-refractivity contribution is 0.0992. The molecular formula is C14H14N2O2. The molecule has 4 heteroatoms. The number of nitrogens with two attached hydrogens (primary N) is 1. The number of phenols is 1. The standard InChI is InChI=1S/C14H14N2O2/c1-16(11-5-3-2-4-6-11)14(18)10-7-8-12(15)13(17)9-10/h2-9,17H,15H2,1H3. The van der Waals surface area contributed by atoms with Gasteiger partial charge in [0.2, 0.25) is 0 Å². The fraction of sp³-hybridized carbons (Fsp3) is 0.0714. The molecule has 18 heavy (non-hydrogen) atoms. The van der Waals surface area contributed by atoms with E-state index in [0.717, 1.165) is 5.69 Å². The summed E-state index contributed by atoms with van der Waals surface area (Å²) in [6.45, 7) is 0. The van der Waals surface area contributed by atoms with Crippen molar-refractivity contribution in [2.75, 3.05) is 17.7 Å². The number of benzene rings is 2. The summed E-state index contributed by atoms with van der Waals surface area (Å²) in [7, 11) is 1.69. The van der Waals surface area contributed by atoms with Gasteiger partial charge in [0.05, 0.1) is 5.69 Å². The monoisotopic (exact) mass is 242 g/mol. The van der Waals surface area contributed by atoms with Crippen LogP contribution < -0.4 is 10.6 Å². The van der Waals surface area contributed by atoms with Gasteiger partial charge in [0.1, 0.15) is 5.75 Å². The van der Waals surface area contributed by atoms with Crippen molar-refractivity contribution in [2.24, 2.45) is 0 Å². The summed E-state index contributed by atoms with van der Waals surface area (Å²) in [4.78, 5) is 13.7. The van der Waals surface area contributed by atoms with E-state index < -0.39 is 0 Å². The van der Waals surface area contributed by atoms with Gasteiger partial charge in [0.25, 0.3) is 5.91 Å². The van der Waals surface area contributed by atoms with E-state index in [1.807, 2.05) is 30.3 Å². The van der Waals surface area contributed by atoms with E-state index >= 15 is 0 Å². The van der Waals surface area contributed by atoms with Crippen LogP contribution in [0.25, 0.3) is 0 Å². The van der Waals surface area contributed by atoms with Gasteiger partial charge >= 0.3 is 0 Å². The quantitative estimate of drug-likeness (QED) is 0.627. The molecule has 2 rings (SSSR count). The maximum atomic E-state index is 12.2. The molecule has 0 radical (unpaired) electrons. The summed E-state index contributed by atoms with van der Waals surface area (Å²) in [5.74, 6) is -0.279. The van der Waals surface area contributed by atoms with Gasteiger partial charge in [-0.1, -0.05) is 18.2 Å². The third-order valence-corrected chi connectivity index (χ3v) is 2.73. The molecule has 0 heterocycles. The molecule has 0 saturated carbocycles. The van der Waals surface area contributed by atoms with E-state index in [1.165, 1.54) is 17.0 Å². The van der Waals surface area contributed by atoms with Gasteiger partial charge in [-0.2, -0.15) is 0 Å². The van der Waals surface area contributed by atoms with Crippen LogP contribution in [0, 0.1) is 0 Å². The van der Waals surface area contributed by atoms with Gasteiger partial charge in [-0.3, -0.25) is 4.79 Å². The summed E-state index contributed by atoms with van der Waals surface area (Å²) < 4.78 is 0.